The first-order valence-corrected chi connectivity index (χ1v) is 9.49. The number of nitrogens with zero attached hydrogens (tertiary/aromatic N) is 1. The van der Waals surface area contributed by atoms with Gasteiger partial charge in [-0.1, -0.05) is 28.1 Å². The molecule has 3 rings (SSSR count). The lowest BCUT2D eigenvalue weighted by Gasteiger charge is -2.10. The Morgan fingerprint density at radius 1 is 1.14 bits per heavy atom. The van der Waals surface area contributed by atoms with Crippen LogP contribution in [0.15, 0.2) is 76.2 Å². The lowest BCUT2D eigenvalue weighted by molar-refractivity contribution is -0.118. The van der Waals surface area contributed by atoms with Gasteiger partial charge in [-0.25, -0.2) is 4.39 Å². The lowest BCUT2D eigenvalue weighted by atomic mass is 10.2. The van der Waals surface area contributed by atoms with Gasteiger partial charge < -0.3 is 14.8 Å². The number of hydrogen-bond donors (Lipinski definition) is 1. The molecule has 0 saturated carbocycles. The maximum Gasteiger partial charge on any atom is 0.262 e. The highest BCUT2D eigenvalue weighted by molar-refractivity contribution is 9.10. The first kappa shape index (κ1) is 20.5. The molecule has 0 bridgehead atoms. The summed E-state index contributed by atoms with van der Waals surface area (Å²) in [4.78, 5) is 16.2. The number of benzene rings is 3. The monoisotopic (exact) mass is 456 g/mol. The summed E-state index contributed by atoms with van der Waals surface area (Å²) >= 11 is 3.21. The molecule has 0 fully saturated rings. The van der Waals surface area contributed by atoms with E-state index in [0.29, 0.717) is 21.7 Å². The van der Waals surface area contributed by atoms with Crippen LogP contribution in [0.1, 0.15) is 5.56 Å². The number of ether oxygens (including phenoxy) is 2. The van der Waals surface area contributed by atoms with Crippen LogP contribution in [0.25, 0.3) is 0 Å². The van der Waals surface area contributed by atoms with Crippen molar-refractivity contribution in [3.8, 4) is 11.5 Å². The number of halogens is 2. The van der Waals surface area contributed by atoms with Gasteiger partial charge in [0, 0.05) is 10.7 Å². The minimum absolute atomic E-state index is 0.143. The Morgan fingerprint density at radius 3 is 2.62 bits per heavy atom. The van der Waals surface area contributed by atoms with Crippen LogP contribution < -0.4 is 14.8 Å². The van der Waals surface area contributed by atoms with Gasteiger partial charge in [0.15, 0.2) is 6.61 Å². The smallest absolute Gasteiger partial charge is 0.262 e. The molecule has 7 heteroatoms. The minimum Gasteiger partial charge on any atom is -0.495 e. The lowest BCUT2D eigenvalue weighted by Crippen LogP contribution is -2.20. The van der Waals surface area contributed by atoms with Crippen LogP contribution >= 0.6 is 15.9 Å². The number of methoxy groups -OCH3 is 1. The highest BCUT2D eigenvalue weighted by Crippen LogP contribution is 2.23. The molecule has 0 aliphatic heterocycles. The van der Waals surface area contributed by atoms with E-state index in [1.54, 1.807) is 60.8 Å². The van der Waals surface area contributed by atoms with E-state index in [-0.39, 0.29) is 18.2 Å². The third-order valence-corrected chi connectivity index (χ3v) is 4.39. The second kappa shape index (κ2) is 9.84. The van der Waals surface area contributed by atoms with Gasteiger partial charge in [0.2, 0.25) is 0 Å². The van der Waals surface area contributed by atoms with Gasteiger partial charge in [-0.2, -0.15) is 0 Å². The molecule has 3 aromatic rings. The molecule has 148 valence electrons. The molecule has 0 aliphatic rings. The van der Waals surface area contributed by atoms with E-state index in [1.165, 1.54) is 13.2 Å². The summed E-state index contributed by atoms with van der Waals surface area (Å²) in [5.41, 5.74) is 1.61. The molecular formula is C22H18BrFN2O3. The van der Waals surface area contributed by atoms with Gasteiger partial charge in [0.25, 0.3) is 5.91 Å². The summed E-state index contributed by atoms with van der Waals surface area (Å²) in [5.74, 6) is 0.404. The van der Waals surface area contributed by atoms with Crippen LogP contribution in [0.4, 0.5) is 15.8 Å². The highest BCUT2D eigenvalue weighted by Gasteiger charge is 2.07. The van der Waals surface area contributed by atoms with Crippen molar-refractivity contribution in [3.63, 3.8) is 0 Å². The van der Waals surface area contributed by atoms with Gasteiger partial charge in [-0.15, -0.1) is 0 Å². The van der Waals surface area contributed by atoms with Crippen molar-refractivity contribution < 1.29 is 18.7 Å². The number of aliphatic imine (C=N–C) groups is 1. The number of nitrogens with one attached hydrogen (secondary N) is 1. The van der Waals surface area contributed by atoms with Crippen LogP contribution in [-0.4, -0.2) is 25.8 Å². The first-order chi connectivity index (χ1) is 14.0. The molecule has 3 aromatic carbocycles. The number of para-hydroxylation sites is 2. The van der Waals surface area contributed by atoms with E-state index >= 15 is 0 Å². The summed E-state index contributed by atoms with van der Waals surface area (Å²) in [5, 5.41) is 2.74. The fraction of sp³-hybridized carbons (Fsp3) is 0.0909. The molecule has 0 heterocycles. The molecule has 5 nitrogen and oxygen atoms in total. The van der Waals surface area contributed by atoms with Gasteiger partial charge in [-0.3, -0.25) is 9.79 Å². The number of carbonyl (C=O) groups is 1. The quantitative estimate of drug-likeness (QED) is 0.486. The predicted octanol–water partition coefficient (Wildman–Crippen LogP) is 5.36. The van der Waals surface area contributed by atoms with Crippen LogP contribution in [0.2, 0.25) is 0 Å². The Balaban J connectivity index is 1.55. The van der Waals surface area contributed by atoms with Crippen LogP contribution in [0, 0.1) is 5.82 Å². The van der Waals surface area contributed by atoms with E-state index < -0.39 is 5.82 Å². The molecule has 0 radical (unpaired) electrons. The fourth-order valence-corrected chi connectivity index (χ4v) is 2.80. The first-order valence-electron chi connectivity index (χ1n) is 8.70. The minimum atomic E-state index is -0.406. The Bertz CT molecular complexity index is 1020. The second-order valence-corrected chi connectivity index (χ2v) is 6.88. The summed E-state index contributed by atoms with van der Waals surface area (Å²) in [7, 11) is 1.54. The molecule has 29 heavy (non-hydrogen) atoms. The third-order valence-electron chi connectivity index (χ3n) is 3.89. The zero-order valence-corrected chi connectivity index (χ0v) is 17.1. The van der Waals surface area contributed by atoms with Crippen molar-refractivity contribution in [3.05, 3.63) is 82.6 Å². The fourth-order valence-electron chi connectivity index (χ4n) is 2.46. The van der Waals surface area contributed by atoms with Crippen molar-refractivity contribution in [1.82, 2.24) is 0 Å². The molecule has 0 saturated heterocycles. The summed E-state index contributed by atoms with van der Waals surface area (Å²) < 4.78 is 25.1. The topological polar surface area (TPSA) is 59.9 Å². The molecular weight excluding hydrogens is 439 g/mol. The van der Waals surface area contributed by atoms with Gasteiger partial charge in [0.05, 0.1) is 18.5 Å². The van der Waals surface area contributed by atoms with Gasteiger partial charge in [-0.05, 0) is 60.2 Å². The normalized spacial score (nSPS) is 10.7. The number of rotatable bonds is 7. The largest absolute Gasteiger partial charge is 0.495 e. The molecule has 0 aliphatic carbocycles. The van der Waals surface area contributed by atoms with Crippen molar-refractivity contribution in [2.75, 3.05) is 19.0 Å². The van der Waals surface area contributed by atoms with Crippen molar-refractivity contribution in [2.24, 2.45) is 4.99 Å². The van der Waals surface area contributed by atoms with Gasteiger partial charge >= 0.3 is 0 Å². The summed E-state index contributed by atoms with van der Waals surface area (Å²) in [6.07, 6.45) is 1.56. The van der Waals surface area contributed by atoms with E-state index in [9.17, 15) is 9.18 Å². The SMILES string of the molecule is COc1ccccc1NC(=O)COc1ccc(C=Nc2ccc(Br)cc2F)cc1. The van der Waals surface area contributed by atoms with Crippen LogP contribution in [-0.2, 0) is 4.79 Å². The zero-order valence-electron chi connectivity index (χ0n) is 15.6. The molecule has 0 spiro atoms. The Kier molecular flexibility index (Phi) is 6.97. The van der Waals surface area contributed by atoms with E-state index in [1.807, 2.05) is 6.07 Å². The van der Waals surface area contributed by atoms with E-state index in [2.05, 4.69) is 26.2 Å². The third kappa shape index (κ3) is 5.89. The maximum atomic E-state index is 13.8. The Labute approximate surface area is 176 Å². The number of carbonyl (C=O) groups excluding carboxylic acids is 1. The van der Waals surface area contributed by atoms with Crippen molar-refractivity contribution in [2.45, 2.75) is 0 Å². The number of anilines is 1. The zero-order chi connectivity index (χ0) is 20.6. The van der Waals surface area contributed by atoms with Crippen LogP contribution in [0.5, 0.6) is 11.5 Å². The average molecular weight is 457 g/mol. The van der Waals surface area contributed by atoms with Crippen molar-refractivity contribution >= 4 is 39.4 Å². The van der Waals surface area contributed by atoms with Crippen molar-refractivity contribution in [1.29, 1.82) is 0 Å². The van der Waals surface area contributed by atoms with Gasteiger partial charge in [0.1, 0.15) is 17.3 Å². The average Bonchev–Trinajstić information content (AvgIpc) is 2.73. The molecule has 1 amide bonds. The Morgan fingerprint density at radius 2 is 1.90 bits per heavy atom. The number of hydrogen-bond acceptors (Lipinski definition) is 4. The standard InChI is InChI=1S/C22H18BrFN2O3/c1-28-21-5-3-2-4-20(21)26-22(27)14-29-17-9-6-15(7-10-17)13-25-19-11-8-16(23)12-18(19)24/h2-13H,14H2,1H3,(H,26,27). The number of amides is 1. The predicted molar refractivity (Wildman–Crippen MR) is 115 cm³/mol. The summed E-state index contributed by atoms with van der Waals surface area (Å²) in [6, 6.07) is 18.8. The maximum absolute atomic E-state index is 13.8. The second-order valence-electron chi connectivity index (χ2n) is 5.96. The van der Waals surface area contributed by atoms with E-state index in [4.69, 9.17) is 9.47 Å². The molecule has 1 N–H and O–H groups in total. The molecule has 0 atom stereocenters. The summed E-state index contributed by atoms with van der Waals surface area (Å²) in [6.45, 7) is -0.143. The Hall–Kier alpha value is -3.19. The van der Waals surface area contributed by atoms with Crippen LogP contribution in [0.3, 0.4) is 0 Å². The molecule has 0 aromatic heterocycles. The molecule has 0 unspecified atom stereocenters. The highest BCUT2D eigenvalue weighted by atomic mass is 79.9. The van der Waals surface area contributed by atoms with E-state index in [0.717, 1.165) is 5.56 Å².